The van der Waals surface area contributed by atoms with Gasteiger partial charge in [-0.25, -0.2) is 4.79 Å². The largest absolute Gasteiger partial charge is 0.465 e. The average Bonchev–Trinajstić information content (AvgIpc) is 2.46. The lowest BCUT2D eigenvalue weighted by Gasteiger charge is -2.10. The summed E-state index contributed by atoms with van der Waals surface area (Å²) in [7, 11) is 1.35. The lowest BCUT2D eigenvalue weighted by atomic mass is 10.2. The van der Waals surface area contributed by atoms with Crippen molar-refractivity contribution in [1.29, 1.82) is 0 Å². The number of methoxy groups -OCH3 is 1. The Morgan fingerprint density at radius 2 is 2.14 bits per heavy atom. The van der Waals surface area contributed by atoms with Gasteiger partial charge in [-0.2, -0.15) is 10.1 Å². The first-order chi connectivity index (χ1) is 10.1. The van der Waals surface area contributed by atoms with Crippen LogP contribution in [0.2, 0.25) is 0 Å². The van der Waals surface area contributed by atoms with Gasteiger partial charge in [-0.3, -0.25) is 0 Å². The van der Waals surface area contributed by atoms with Gasteiger partial charge in [-0.05, 0) is 32.0 Å². The molecule has 0 spiro atoms. The number of hydrogen-bond acceptors (Lipinski definition) is 7. The van der Waals surface area contributed by atoms with E-state index in [4.69, 9.17) is 0 Å². The number of carbonyl (C=O) groups is 1. The van der Waals surface area contributed by atoms with Crippen LogP contribution in [0.15, 0.2) is 30.5 Å². The molecule has 21 heavy (non-hydrogen) atoms. The van der Waals surface area contributed by atoms with E-state index in [1.54, 1.807) is 18.2 Å². The fraction of sp³-hybridized carbons (Fsp3) is 0.286. The SMILES string of the molecule is COC(=O)c1cccc(Nc2cnnc(NC(C)C)n2)c1. The highest BCUT2D eigenvalue weighted by Crippen LogP contribution is 2.16. The average molecular weight is 287 g/mol. The molecule has 0 bridgehead atoms. The third-order valence-corrected chi connectivity index (χ3v) is 2.53. The maximum Gasteiger partial charge on any atom is 0.337 e. The normalized spacial score (nSPS) is 10.3. The minimum Gasteiger partial charge on any atom is -0.465 e. The molecule has 0 unspecified atom stereocenters. The van der Waals surface area contributed by atoms with Crippen LogP contribution in [0, 0.1) is 0 Å². The van der Waals surface area contributed by atoms with Crippen molar-refractivity contribution in [2.24, 2.45) is 0 Å². The molecule has 1 heterocycles. The summed E-state index contributed by atoms with van der Waals surface area (Å²) in [5.41, 5.74) is 1.18. The zero-order valence-corrected chi connectivity index (χ0v) is 12.1. The van der Waals surface area contributed by atoms with Gasteiger partial charge in [0.25, 0.3) is 0 Å². The quantitative estimate of drug-likeness (QED) is 0.815. The molecule has 0 aliphatic rings. The monoisotopic (exact) mass is 287 g/mol. The van der Waals surface area contributed by atoms with Gasteiger partial charge >= 0.3 is 5.97 Å². The Kier molecular flexibility index (Phi) is 4.65. The van der Waals surface area contributed by atoms with Crippen molar-refractivity contribution in [2.45, 2.75) is 19.9 Å². The summed E-state index contributed by atoms with van der Waals surface area (Å²) in [6, 6.07) is 7.16. The van der Waals surface area contributed by atoms with Crippen LogP contribution in [0.25, 0.3) is 0 Å². The molecule has 0 saturated heterocycles. The third-order valence-electron chi connectivity index (χ3n) is 2.53. The number of nitrogens with one attached hydrogen (secondary N) is 2. The Bertz CT molecular complexity index is 630. The first-order valence-corrected chi connectivity index (χ1v) is 6.50. The van der Waals surface area contributed by atoms with Crippen LogP contribution in [0.1, 0.15) is 24.2 Å². The molecule has 0 amide bonds. The zero-order chi connectivity index (χ0) is 15.2. The molecule has 2 aromatic rings. The van der Waals surface area contributed by atoms with Crippen molar-refractivity contribution in [2.75, 3.05) is 17.7 Å². The fourth-order valence-corrected chi connectivity index (χ4v) is 1.67. The van der Waals surface area contributed by atoms with Crippen LogP contribution in [-0.2, 0) is 4.74 Å². The minimum absolute atomic E-state index is 0.213. The Morgan fingerprint density at radius 3 is 2.86 bits per heavy atom. The van der Waals surface area contributed by atoms with E-state index in [1.165, 1.54) is 13.3 Å². The Balaban J connectivity index is 2.16. The van der Waals surface area contributed by atoms with Crippen molar-refractivity contribution in [3.63, 3.8) is 0 Å². The minimum atomic E-state index is -0.387. The molecule has 7 heteroatoms. The number of ether oxygens (including phenoxy) is 1. The van der Waals surface area contributed by atoms with Crippen molar-refractivity contribution in [1.82, 2.24) is 15.2 Å². The highest BCUT2D eigenvalue weighted by atomic mass is 16.5. The maximum atomic E-state index is 11.5. The first-order valence-electron chi connectivity index (χ1n) is 6.50. The van der Waals surface area contributed by atoms with Crippen molar-refractivity contribution < 1.29 is 9.53 Å². The number of nitrogens with zero attached hydrogens (tertiary/aromatic N) is 3. The van der Waals surface area contributed by atoms with Gasteiger partial charge in [0.2, 0.25) is 5.95 Å². The van der Waals surface area contributed by atoms with E-state index in [0.717, 1.165) is 0 Å². The number of rotatable bonds is 5. The number of carbonyl (C=O) groups excluding carboxylic acids is 1. The molecule has 0 radical (unpaired) electrons. The summed E-state index contributed by atoms with van der Waals surface area (Å²) in [4.78, 5) is 15.8. The summed E-state index contributed by atoms with van der Waals surface area (Å²) in [6.07, 6.45) is 1.51. The smallest absolute Gasteiger partial charge is 0.337 e. The summed E-state index contributed by atoms with van der Waals surface area (Å²) in [5.74, 6) is 0.593. The molecule has 110 valence electrons. The van der Waals surface area contributed by atoms with Gasteiger partial charge in [-0.1, -0.05) is 6.07 Å². The van der Waals surface area contributed by atoms with Crippen LogP contribution in [0.4, 0.5) is 17.5 Å². The molecular formula is C14H17N5O2. The fourth-order valence-electron chi connectivity index (χ4n) is 1.67. The Labute approximate surface area is 122 Å². The van der Waals surface area contributed by atoms with E-state index < -0.39 is 0 Å². The molecular weight excluding hydrogens is 270 g/mol. The summed E-state index contributed by atoms with van der Waals surface area (Å²) < 4.78 is 4.69. The number of hydrogen-bond donors (Lipinski definition) is 2. The van der Waals surface area contributed by atoms with E-state index in [0.29, 0.717) is 23.0 Å². The highest BCUT2D eigenvalue weighted by Gasteiger charge is 2.07. The summed E-state index contributed by atoms with van der Waals surface area (Å²) in [6.45, 7) is 3.98. The predicted octanol–water partition coefficient (Wildman–Crippen LogP) is 2.22. The third kappa shape index (κ3) is 4.13. The van der Waals surface area contributed by atoms with Crippen molar-refractivity contribution in [3.8, 4) is 0 Å². The van der Waals surface area contributed by atoms with Crippen LogP contribution in [0.3, 0.4) is 0 Å². The zero-order valence-electron chi connectivity index (χ0n) is 12.1. The predicted molar refractivity (Wildman–Crippen MR) is 79.6 cm³/mol. The Morgan fingerprint density at radius 1 is 1.33 bits per heavy atom. The molecule has 0 atom stereocenters. The van der Waals surface area contributed by atoms with Gasteiger partial charge in [0.05, 0.1) is 18.9 Å². The van der Waals surface area contributed by atoms with Gasteiger partial charge in [0, 0.05) is 11.7 Å². The van der Waals surface area contributed by atoms with Crippen molar-refractivity contribution >= 4 is 23.4 Å². The van der Waals surface area contributed by atoms with E-state index in [1.807, 2.05) is 19.9 Å². The van der Waals surface area contributed by atoms with E-state index in [-0.39, 0.29) is 12.0 Å². The lowest BCUT2D eigenvalue weighted by molar-refractivity contribution is 0.0601. The maximum absolute atomic E-state index is 11.5. The van der Waals surface area contributed by atoms with Crippen LogP contribution < -0.4 is 10.6 Å². The van der Waals surface area contributed by atoms with E-state index in [2.05, 4.69) is 30.6 Å². The van der Waals surface area contributed by atoms with Gasteiger partial charge < -0.3 is 15.4 Å². The summed E-state index contributed by atoms with van der Waals surface area (Å²) in [5, 5.41) is 13.9. The molecule has 2 rings (SSSR count). The molecule has 7 nitrogen and oxygen atoms in total. The Hall–Kier alpha value is -2.70. The molecule has 0 saturated carbocycles. The highest BCUT2D eigenvalue weighted by molar-refractivity contribution is 5.90. The van der Waals surface area contributed by atoms with Crippen LogP contribution in [-0.4, -0.2) is 34.3 Å². The van der Waals surface area contributed by atoms with Gasteiger partial charge in [0.1, 0.15) is 0 Å². The standard InChI is InChI=1S/C14H17N5O2/c1-9(2)16-14-18-12(8-15-19-14)17-11-6-4-5-10(7-11)13(20)21-3/h4-9H,1-3H3,(H2,16,17,18,19). The number of esters is 1. The number of benzene rings is 1. The van der Waals surface area contributed by atoms with Crippen LogP contribution >= 0.6 is 0 Å². The first kappa shape index (κ1) is 14.7. The number of anilines is 3. The second-order valence-electron chi connectivity index (χ2n) is 4.66. The molecule has 1 aromatic carbocycles. The second kappa shape index (κ2) is 6.65. The molecule has 0 aliphatic carbocycles. The van der Waals surface area contributed by atoms with Crippen molar-refractivity contribution in [3.05, 3.63) is 36.0 Å². The molecule has 2 N–H and O–H groups in total. The second-order valence-corrected chi connectivity index (χ2v) is 4.66. The van der Waals surface area contributed by atoms with Gasteiger partial charge in [0.15, 0.2) is 5.82 Å². The summed E-state index contributed by atoms with van der Waals surface area (Å²) >= 11 is 0. The van der Waals surface area contributed by atoms with Crippen LogP contribution in [0.5, 0.6) is 0 Å². The van der Waals surface area contributed by atoms with E-state index >= 15 is 0 Å². The lowest BCUT2D eigenvalue weighted by Crippen LogP contribution is -2.13. The topological polar surface area (TPSA) is 89.0 Å². The van der Waals surface area contributed by atoms with E-state index in [9.17, 15) is 4.79 Å². The van der Waals surface area contributed by atoms with Gasteiger partial charge in [-0.15, -0.1) is 5.10 Å². The molecule has 1 aromatic heterocycles. The molecule has 0 aliphatic heterocycles. The number of aromatic nitrogens is 3. The molecule has 0 fully saturated rings.